The molecule has 142 valence electrons. The van der Waals surface area contributed by atoms with Gasteiger partial charge in [-0.2, -0.15) is 0 Å². The Balaban J connectivity index is 2.38. The SMILES string of the molecule is CCCCC(CC)C(=O)OC1=C(c2cccc(Cl)c2)C(=O)CC(C)(C)C1. The Kier molecular flexibility index (Phi) is 7.05. The van der Waals surface area contributed by atoms with E-state index in [9.17, 15) is 9.59 Å². The molecule has 3 nitrogen and oxygen atoms in total. The molecule has 1 aliphatic rings. The van der Waals surface area contributed by atoms with Gasteiger partial charge in [0.1, 0.15) is 5.76 Å². The van der Waals surface area contributed by atoms with Crippen LogP contribution in [0.1, 0.15) is 71.8 Å². The summed E-state index contributed by atoms with van der Waals surface area (Å²) in [4.78, 5) is 25.5. The second kappa shape index (κ2) is 8.85. The van der Waals surface area contributed by atoms with Crippen molar-refractivity contribution in [2.75, 3.05) is 0 Å². The minimum Gasteiger partial charge on any atom is -0.430 e. The summed E-state index contributed by atoms with van der Waals surface area (Å²) < 4.78 is 5.83. The Labute approximate surface area is 161 Å². The van der Waals surface area contributed by atoms with Gasteiger partial charge in [0, 0.05) is 17.9 Å². The van der Waals surface area contributed by atoms with Crippen molar-refractivity contribution < 1.29 is 14.3 Å². The summed E-state index contributed by atoms with van der Waals surface area (Å²) in [5, 5.41) is 0.563. The van der Waals surface area contributed by atoms with E-state index in [1.807, 2.05) is 32.9 Å². The summed E-state index contributed by atoms with van der Waals surface area (Å²) >= 11 is 6.11. The van der Waals surface area contributed by atoms with Gasteiger partial charge in [-0.3, -0.25) is 9.59 Å². The average Bonchev–Trinajstić information content (AvgIpc) is 2.54. The van der Waals surface area contributed by atoms with Crippen LogP contribution < -0.4 is 0 Å². The second-order valence-electron chi connectivity index (χ2n) is 7.92. The van der Waals surface area contributed by atoms with Crippen LogP contribution in [0.25, 0.3) is 5.57 Å². The maximum absolute atomic E-state index is 12.8. The molecule has 1 aromatic rings. The summed E-state index contributed by atoms with van der Waals surface area (Å²) in [6.45, 7) is 8.17. The number of benzene rings is 1. The van der Waals surface area contributed by atoms with E-state index >= 15 is 0 Å². The van der Waals surface area contributed by atoms with Crippen LogP contribution in [0.3, 0.4) is 0 Å². The highest BCUT2D eigenvalue weighted by atomic mass is 35.5. The lowest BCUT2D eigenvalue weighted by atomic mass is 9.75. The van der Waals surface area contributed by atoms with Gasteiger partial charge in [-0.15, -0.1) is 0 Å². The van der Waals surface area contributed by atoms with Crippen LogP contribution >= 0.6 is 11.6 Å². The van der Waals surface area contributed by atoms with Gasteiger partial charge in [0.05, 0.1) is 11.5 Å². The van der Waals surface area contributed by atoms with Gasteiger partial charge in [0.2, 0.25) is 0 Å². The molecule has 0 amide bonds. The first kappa shape index (κ1) is 20.7. The van der Waals surface area contributed by atoms with Crippen LogP contribution in [-0.2, 0) is 14.3 Å². The van der Waals surface area contributed by atoms with Crippen molar-refractivity contribution in [1.29, 1.82) is 0 Å². The monoisotopic (exact) mass is 376 g/mol. The number of rotatable bonds is 7. The number of ketones is 1. The molecular formula is C22H29ClO3. The number of Topliss-reactive ketones (excluding diaryl/α,β-unsaturated/α-hetero) is 1. The Bertz CT molecular complexity index is 703. The van der Waals surface area contributed by atoms with Crippen LogP contribution in [0, 0.1) is 11.3 Å². The number of carbonyl (C=O) groups is 2. The Morgan fingerprint density at radius 3 is 2.62 bits per heavy atom. The van der Waals surface area contributed by atoms with Gasteiger partial charge < -0.3 is 4.74 Å². The van der Waals surface area contributed by atoms with Crippen molar-refractivity contribution in [3.8, 4) is 0 Å². The third-order valence-corrected chi connectivity index (χ3v) is 5.14. The van der Waals surface area contributed by atoms with Crippen molar-refractivity contribution >= 4 is 28.9 Å². The topological polar surface area (TPSA) is 43.4 Å². The molecule has 1 aliphatic carbocycles. The first-order valence-corrected chi connectivity index (χ1v) is 9.89. The Hall–Kier alpha value is -1.61. The lowest BCUT2D eigenvalue weighted by Crippen LogP contribution is -2.28. The highest BCUT2D eigenvalue weighted by Crippen LogP contribution is 2.41. The predicted octanol–water partition coefficient (Wildman–Crippen LogP) is 6.20. The van der Waals surface area contributed by atoms with Gasteiger partial charge in [0.25, 0.3) is 0 Å². The summed E-state index contributed by atoms with van der Waals surface area (Å²) in [7, 11) is 0. The molecule has 0 bridgehead atoms. The lowest BCUT2D eigenvalue weighted by molar-refractivity contribution is -0.145. The molecule has 0 N–H and O–H groups in total. The number of halogens is 1. The minimum absolute atomic E-state index is 0.00734. The zero-order valence-corrected chi connectivity index (χ0v) is 17.0. The molecule has 26 heavy (non-hydrogen) atoms. The largest absolute Gasteiger partial charge is 0.430 e. The Morgan fingerprint density at radius 2 is 2.00 bits per heavy atom. The molecule has 2 rings (SSSR count). The minimum atomic E-state index is -0.222. The molecule has 1 unspecified atom stereocenters. The maximum Gasteiger partial charge on any atom is 0.314 e. The fourth-order valence-corrected chi connectivity index (χ4v) is 3.65. The fourth-order valence-electron chi connectivity index (χ4n) is 3.46. The Morgan fingerprint density at radius 1 is 1.27 bits per heavy atom. The zero-order valence-electron chi connectivity index (χ0n) is 16.2. The highest BCUT2D eigenvalue weighted by molar-refractivity contribution is 6.31. The van der Waals surface area contributed by atoms with Crippen LogP contribution in [0.15, 0.2) is 30.0 Å². The van der Waals surface area contributed by atoms with E-state index in [-0.39, 0.29) is 23.1 Å². The van der Waals surface area contributed by atoms with E-state index in [0.717, 1.165) is 31.2 Å². The molecule has 1 atom stereocenters. The molecule has 4 heteroatoms. The second-order valence-corrected chi connectivity index (χ2v) is 8.35. The molecule has 0 saturated carbocycles. The molecule has 0 radical (unpaired) electrons. The summed E-state index contributed by atoms with van der Waals surface area (Å²) in [6.07, 6.45) is 4.61. The van der Waals surface area contributed by atoms with Gasteiger partial charge in [-0.25, -0.2) is 0 Å². The third kappa shape index (κ3) is 5.20. The van der Waals surface area contributed by atoms with E-state index in [1.165, 1.54) is 0 Å². The number of esters is 1. The van der Waals surface area contributed by atoms with Crippen molar-refractivity contribution in [3.63, 3.8) is 0 Å². The predicted molar refractivity (Wildman–Crippen MR) is 106 cm³/mol. The van der Waals surface area contributed by atoms with Crippen LogP contribution in [0.2, 0.25) is 5.02 Å². The fraction of sp³-hybridized carbons (Fsp3) is 0.545. The van der Waals surface area contributed by atoms with Gasteiger partial charge in [-0.05, 0) is 36.0 Å². The summed E-state index contributed by atoms with van der Waals surface area (Å²) in [5.74, 6) is 0.158. The molecule has 0 saturated heterocycles. The number of carbonyl (C=O) groups excluding carboxylic acids is 2. The van der Waals surface area contributed by atoms with E-state index in [2.05, 4.69) is 6.92 Å². The van der Waals surface area contributed by atoms with Crippen LogP contribution in [0.5, 0.6) is 0 Å². The summed E-state index contributed by atoms with van der Waals surface area (Å²) in [5.41, 5.74) is 1.01. The maximum atomic E-state index is 12.8. The molecule has 0 heterocycles. The highest BCUT2D eigenvalue weighted by Gasteiger charge is 2.36. The average molecular weight is 377 g/mol. The van der Waals surface area contributed by atoms with E-state index in [4.69, 9.17) is 16.3 Å². The number of ether oxygens (including phenoxy) is 1. The normalized spacial score (nSPS) is 18.0. The molecule has 0 fully saturated rings. The quantitative estimate of drug-likeness (QED) is 0.532. The van der Waals surface area contributed by atoms with Gasteiger partial charge in [0.15, 0.2) is 5.78 Å². The van der Waals surface area contributed by atoms with Gasteiger partial charge in [-0.1, -0.05) is 64.3 Å². The molecule has 0 aromatic heterocycles. The van der Waals surface area contributed by atoms with Crippen LogP contribution in [-0.4, -0.2) is 11.8 Å². The van der Waals surface area contributed by atoms with Crippen molar-refractivity contribution in [2.24, 2.45) is 11.3 Å². The van der Waals surface area contributed by atoms with Crippen molar-refractivity contribution in [3.05, 3.63) is 40.6 Å². The lowest BCUT2D eigenvalue weighted by Gasteiger charge is -2.32. The van der Waals surface area contributed by atoms with E-state index < -0.39 is 0 Å². The van der Waals surface area contributed by atoms with Gasteiger partial charge >= 0.3 is 5.97 Å². The number of allylic oxidation sites excluding steroid dienone is 2. The third-order valence-electron chi connectivity index (χ3n) is 4.91. The molecule has 1 aromatic carbocycles. The first-order valence-electron chi connectivity index (χ1n) is 9.51. The van der Waals surface area contributed by atoms with Crippen molar-refractivity contribution in [1.82, 2.24) is 0 Å². The van der Waals surface area contributed by atoms with Crippen LogP contribution in [0.4, 0.5) is 0 Å². The van der Waals surface area contributed by atoms with Crippen molar-refractivity contribution in [2.45, 2.75) is 66.2 Å². The molecular weight excluding hydrogens is 348 g/mol. The van der Waals surface area contributed by atoms with E-state index in [1.54, 1.807) is 12.1 Å². The smallest absolute Gasteiger partial charge is 0.314 e. The molecule has 0 aliphatic heterocycles. The van der Waals surface area contributed by atoms with E-state index in [0.29, 0.717) is 29.2 Å². The summed E-state index contributed by atoms with van der Waals surface area (Å²) in [6, 6.07) is 7.19. The number of hydrogen-bond acceptors (Lipinski definition) is 3. The number of hydrogen-bond donors (Lipinski definition) is 0. The first-order chi connectivity index (χ1) is 12.3. The standard InChI is InChI=1S/C22H29ClO3/c1-5-7-9-15(6-2)21(25)26-19-14-22(3,4)13-18(24)20(19)16-10-8-11-17(23)12-16/h8,10-12,15H,5-7,9,13-14H2,1-4H3. The zero-order chi connectivity index (χ0) is 19.3. The number of unbranched alkanes of at least 4 members (excludes halogenated alkanes) is 1. The molecule has 0 spiro atoms.